The van der Waals surface area contributed by atoms with Gasteiger partial charge in [-0.05, 0) is 125 Å². The van der Waals surface area contributed by atoms with Gasteiger partial charge in [0.25, 0.3) is 0 Å². The van der Waals surface area contributed by atoms with E-state index in [-0.39, 0.29) is 42.1 Å². The van der Waals surface area contributed by atoms with Gasteiger partial charge in [0.15, 0.2) is 22.4 Å². The normalized spacial score (nSPS) is 39.8. The van der Waals surface area contributed by atoms with Crippen LogP contribution in [0.2, 0.25) is 0 Å². The van der Waals surface area contributed by atoms with Crippen LogP contribution in [0.5, 0.6) is 0 Å². The summed E-state index contributed by atoms with van der Waals surface area (Å²) in [6, 6.07) is 3.01. The number of hydrogen-bond donors (Lipinski definition) is 7. The van der Waals surface area contributed by atoms with Crippen LogP contribution in [0.25, 0.3) is 0 Å². The summed E-state index contributed by atoms with van der Waals surface area (Å²) in [4.78, 5) is 31.3. The number of nitrogens with zero attached hydrogens (tertiary/aromatic N) is 2. The second-order valence-electron chi connectivity index (χ2n) is 22.3. The minimum Gasteiger partial charge on any atom is -0.459 e. The molecule has 4 rings (SSSR count). The van der Waals surface area contributed by atoms with Gasteiger partial charge in [-0.25, -0.2) is 12.8 Å². The van der Waals surface area contributed by atoms with Crippen molar-refractivity contribution in [1.82, 2.24) is 15.1 Å². The molecule has 0 unspecified atom stereocenters. The molecule has 7 N–H and O–H groups in total. The number of cyclic esters (lactones) is 1. The van der Waals surface area contributed by atoms with Crippen molar-refractivity contribution in [1.29, 1.82) is 0 Å². The zero-order valence-corrected chi connectivity index (χ0v) is 46.5. The highest BCUT2D eigenvalue weighted by molar-refractivity contribution is 7.90. The summed E-state index contributed by atoms with van der Waals surface area (Å²) in [5.41, 5.74) is -4.40. The average Bonchev–Trinajstić information content (AvgIpc) is 3.32. The summed E-state index contributed by atoms with van der Waals surface area (Å²) in [6.45, 7) is 16.9. The lowest BCUT2D eigenvalue weighted by atomic mass is 9.77. The van der Waals surface area contributed by atoms with Gasteiger partial charge >= 0.3 is 5.97 Å². The van der Waals surface area contributed by atoms with Crippen molar-refractivity contribution >= 4 is 21.7 Å². The highest BCUT2D eigenvalue weighted by atomic mass is 32.2. The number of carbonyl (C=O) groups excluding carboxylic acids is 2. The molecule has 0 aromatic heterocycles. The van der Waals surface area contributed by atoms with Gasteiger partial charge in [0.2, 0.25) is 5.91 Å². The quantitative estimate of drug-likeness (QED) is 0.0874. The Morgan fingerprint density at radius 1 is 0.986 bits per heavy atom. The fourth-order valence-corrected chi connectivity index (χ4v) is 11.7. The van der Waals surface area contributed by atoms with Gasteiger partial charge in [0.1, 0.15) is 42.8 Å². The van der Waals surface area contributed by atoms with E-state index in [1.54, 1.807) is 55.5 Å². The number of esters is 1. The molecule has 3 heterocycles. The van der Waals surface area contributed by atoms with Crippen LogP contribution in [0.1, 0.15) is 126 Å². The largest absolute Gasteiger partial charge is 0.459 e. The topological polar surface area (TPSA) is 264 Å². The lowest BCUT2D eigenvalue weighted by Gasteiger charge is -2.49. The SMILES string of the molecule is CC[C@H]1OC(=O)[C@H](C)[C@@H](O[C@H]2C[C@@](C)(OC)[C@@H](O)[C@H](C)O2)[C@H](C)[C@@H](O[C@@H]2O[C@H](C)C[C@H](N(C)CCCCC(=O)N[C@H](CF)[C@H](O)c3ccc(S(C)(=O)=O)cc3)[C@H]2O)[C@](C)(O)C[C@@H](C)CN(C)[C@H](C)[C@@H](O)[C@]1(C)O. The Bertz CT molecular complexity index is 2020. The molecule has 0 saturated carbocycles. The van der Waals surface area contributed by atoms with Crippen molar-refractivity contribution in [2.45, 2.75) is 222 Å². The third-order valence-corrected chi connectivity index (χ3v) is 16.9. The van der Waals surface area contributed by atoms with E-state index in [1.807, 2.05) is 30.7 Å². The predicted octanol–water partition coefficient (Wildman–Crippen LogP) is 3.03. The summed E-state index contributed by atoms with van der Waals surface area (Å²) < 4.78 is 75.8. The first-order chi connectivity index (χ1) is 33.8. The van der Waals surface area contributed by atoms with E-state index >= 15 is 0 Å². The van der Waals surface area contributed by atoms with Gasteiger partial charge in [-0.2, -0.15) is 0 Å². The molecule has 0 bridgehead atoms. The van der Waals surface area contributed by atoms with E-state index < -0.39 is 143 Å². The van der Waals surface area contributed by atoms with Crippen LogP contribution < -0.4 is 5.32 Å². The lowest BCUT2D eigenvalue weighted by molar-refractivity contribution is -0.318. The van der Waals surface area contributed by atoms with Crippen LogP contribution in [-0.4, -0.2) is 204 Å². The number of benzene rings is 1. The zero-order valence-electron chi connectivity index (χ0n) is 45.6. The van der Waals surface area contributed by atoms with E-state index in [4.69, 9.17) is 28.4 Å². The van der Waals surface area contributed by atoms with Crippen molar-refractivity contribution < 1.29 is 81.5 Å². The Morgan fingerprint density at radius 2 is 1.62 bits per heavy atom. The van der Waals surface area contributed by atoms with Gasteiger partial charge in [-0.15, -0.1) is 0 Å². The number of nitrogens with one attached hydrogen (secondary N) is 1. The standard InChI is InChI=1S/C52H90FN3O16S/c1-15-39-52(10,64)45(60)33(6)56(12)28-29(2)25-50(8,63)47(31(4)44(32(5)48(62)70-39)71-41-26-51(9,67-13)46(61)34(7)69-41)72-49-43(59)38(24-30(3)68-49)55(11)23-17-16-18-40(57)54-37(27-53)42(58)35-19-21-36(22-20-35)73(14,65)66/h19-22,29-34,37-39,41-47,49,58-61,63-64H,15-18,23-28H2,1-14H3,(H,54,57)/t29-,30-,31+,32-,33-,34+,37-,38+,39-,41+,42-,43-,44+,45-,46+,47-,49+,50-,51-,52-/m1/s1. The van der Waals surface area contributed by atoms with Crippen LogP contribution in [0.15, 0.2) is 29.2 Å². The first-order valence-electron chi connectivity index (χ1n) is 25.9. The van der Waals surface area contributed by atoms with Gasteiger partial charge in [-0.1, -0.05) is 32.9 Å². The van der Waals surface area contributed by atoms with Crippen molar-refractivity contribution in [3.8, 4) is 0 Å². The Hall–Kier alpha value is -2.48. The van der Waals surface area contributed by atoms with Gasteiger partial charge in [0.05, 0.1) is 52.5 Å². The number of methoxy groups -OCH3 is 1. The molecule has 1 amide bonds. The van der Waals surface area contributed by atoms with Gasteiger partial charge < -0.3 is 74.2 Å². The molecule has 1 aromatic carbocycles. The summed E-state index contributed by atoms with van der Waals surface area (Å²) in [7, 11) is 1.64. The smallest absolute Gasteiger partial charge is 0.311 e. The van der Waals surface area contributed by atoms with Crippen LogP contribution in [-0.2, 0) is 47.8 Å². The van der Waals surface area contributed by atoms with Crippen LogP contribution in [0, 0.1) is 17.8 Å². The molecule has 0 spiro atoms. The molecule has 21 heteroatoms. The number of aliphatic hydroxyl groups excluding tert-OH is 4. The number of hydrogen-bond acceptors (Lipinski definition) is 18. The fraction of sp³-hybridized carbons (Fsp3) is 0.846. The number of halogens is 1. The number of aliphatic hydroxyl groups is 6. The van der Waals surface area contributed by atoms with Crippen molar-refractivity contribution in [3.63, 3.8) is 0 Å². The number of amides is 1. The molecule has 3 saturated heterocycles. The molecule has 0 radical (unpaired) electrons. The molecular weight excluding hydrogens is 974 g/mol. The molecule has 3 fully saturated rings. The maximum atomic E-state index is 14.5. The molecule has 3 aliphatic rings. The van der Waals surface area contributed by atoms with E-state index in [1.165, 1.54) is 38.3 Å². The summed E-state index contributed by atoms with van der Waals surface area (Å²) in [6.07, 6.45) is -9.22. The number of ether oxygens (including phenoxy) is 6. The first-order valence-corrected chi connectivity index (χ1v) is 27.8. The summed E-state index contributed by atoms with van der Waals surface area (Å²) >= 11 is 0. The van der Waals surface area contributed by atoms with Crippen molar-refractivity contribution in [2.75, 3.05) is 47.2 Å². The third-order valence-electron chi connectivity index (χ3n) is 15.8. The summed E-state index contributed by atoms with van der Waals surface area (Å²) in [5, 5.41) is 72.8. The number of sulfone groups is 1. The van der Waals surface area contributed by atoms with E-state index in [9.17, 15) is 53.0 Å². The number of carbonyl (C=O) groups is 2. The molecule has 20 atom stereocenters. The maximum absolute atomic E-state index is 14.5. The van der Waals surface area contributed by atoms with Crippen molar-refractivity contribution in [3.05, 3.63) is 29.8 Å². The first kappa shape index (κ1) is 63.1. The second kappa shape index (κ2) is 26.2. The third kappa shape index (κ3) is 15.8. The maximum Gasteiger partial charge on any atom is 0.311 e. The number of unbranched alkanes of at least 4 members (excludes halogenated alkanes) is 1. The monoisotopic (exact) mass is 1060 g/mol. The second-order valence-corrected chi connectivity index (χ2v) is 24.3. The molecular formula is C52H90FN3O16S. The van der Waals surface area contributed by atoms with Crippen LogP contribution in [0.3, 0.4) is 0 Å². The Morgan fingerprint density at radius 3 is 2.19 bits per heavy atom. The van der Waals surface area contributed by atoms with Crippen LogP contribution in [0.4, 0.5) is 4.39 Å². The van der Waals surface area contributed by atoms with E-state index in [0.717, 1.165) is 6.26 Å². The molecule has 3 aliphatic heterocycles. The Kier molecular flexibility index (Phi) is 22.7. The van der Waals surface area contributed by atoms with Gasteiger partial charge in [0, 0.05) is 50.8 Å². The molecule has 19 nitrogen and oxygen atoms in total. The van der Waals surface area contributed by atoms with E-state index in [2.05, 4.69) is 5.32 Å². The fourth-order valence-electron chi connectivity index (χ4n) is 11.1. The van der Waals surface area contributed by atoms with E-state index in [0.29, 0.717) is 32.4 Å². The number of alkyl halides is 1. The Labute approximate surface area is 433 Å². The molecule has 1 aromatic rings. The molecule has 0 aliphatic carbocycles. The average molecular weight is 1060 g/mol. The molecule has 73 heavy (non-hydrogen) atoms. The lowest BCUT2D eigenvalue weighted by Crippen LogP contribution is -2.60. The highest BCUT2D eigenvalue weighted by Crippen LogP contribution is 2.40. The zero-order chi connectivity index (χ0) is 55.1. The number of likely N-dealkylation sites (N-methyl/N-ethyl adjacent to an activating group) is 2. The van der Waals surface area contributed by atoms with Gasteiger partial charge in [-0.3, -0.25) is 9.59 Å². The Balaban J connectivity index is 1.59. The molecule has 422 valence electrons. The van der Waals surface area contributed by atoms with Crippen LogP contribution >= 0.6 is 0 Å². The summed E-state index contributed by atoms with van der Waals surface area (Å²) in [5.74, 6) is -3.44. The van der Waals surface area contributed by atoms with Crippen molar-refractivity contribution in [2.24, 2.45) is 17.8 Å². The minimum absolute atomic E-state index is 0.0224. The predicted molar refractivity (Wildman–Crippen MR) is 269 cm³/mol. The number of rotatable bonds is 17. The highest BCUT2D eigenvalue weighted by Gasteiger charge is 2.53. The minimum atomic E-state index is -3.48.